The monoisotopic (exact) mass is 280 g/mol. The first-order valence-electron chi connectivity index (χ1n) is 7.31. The van der Waals surface area contributed by atoms with Crippen molar-refractivity contribution in [2.24, 2.45) is 0 Å². The van der Waals surface area contributed by atoms with Crippen LogP contribution in [-0.2, 0) is 6.54 Å². The summed E-state index contributed by atoms with van der Waals surface area (Å²) < 4.78 is 0. The fraction of sp³-hybridized carbons (Fsp3) is 0.786. The zero-order valence-electron chi connectivity index (χ0n) is 11.9. The summed E-state index contributed by atoms with van der Waals surface area (Å²) in [5, 5.41) is 6.88. The molecule has 0 amide bonds. The fourth-order valence-electron chi connectivity index (χ4n) is 2.69. The van der Waals surface area contributed by atoms with Crippen LogP contribution in [0.1, 0.15) is 31.4 Å². The summed E-state index contributed by atoms with van der Waals surface area (Å²) in [5.41, 5.74) is 1.19. The van der Waals surface area contributed by atoms with E-state index >= 15 is 0 Å². The smallest absolute Gasteiger partial charge is 0.185 e. The summed E-state index contributed by atoms with van der Waals surface area (Å²) in [7, 11) is 4.40. The molecular formula is C14H24N4S. The maximum absolute atomic E-state index is 4.74. The van der Waals surface area contributed by atoms with Crippen LogP contribution in [0, 0.1) is 0 Å². The van der Waals surface area contributed by atoms with Crippen LogP contribution in [0.4, 0.5) is 5.13 Å². The highest BCUT2D eigenvalue weighted by molar-refractivity contribution is 7.13. The first kappa shape index (κ1) is 13.3. The molecule has 2 fully saturated rings. The molecule has 1 unspecified atom stereocenters. The molecule has 1 atom stereocenters. The molecule has 1 N–H and O–H groups in total. The number of nitrogens with one attached hydrogen (secondary N) is 1. The Balaban J connectivity index is 1.52. The molecule has 1 aromatic rings. The van der Waals surface area contributed by atoms with Crippen LogP contribution in [0.2, 0.25) is 0 Å². The standard InChI is InChI=1S/C14H24N4S/c1-17-7-3-4-13(17)9-18(2)14-16-12(10-19-14)8-15-11-5-6-11/h10-11,13,15H,3-9H2,1-2H3. The number of hydrogen-bond donors (Lipinski definition) is 1. The topological polar surface area (TPSA) is 31.4 Å². The average molecular weight is 280 g/mol. The quantitative estimate of drug-likeness (QED) is 0.863. The van der Waals surface area contributed by atoms with E-state index in [9.17, 15) is 0 Å². The third-order valence-electron chi connectivity index (χ3n) is 4.17. The molecule has 0 aromatic carbocycles. The molecular weight excluding hydrogens is 256 g/mol. The molecule has 0 bridgehead atoms. The van der Waals surface area contributed by atoms with E-state index in [1.165, 1.54) is 37.9 Å². The summed E-state index contributed by atoms with van der Waals surface area (Å²) in [4.78, 5) is 9.53. The molecule has 0 radical (unpaired) electrons. The number of likely N-dealkylation sites (N-methyl/N-ethyl adjacent to an activating group) is 2. The van der Waals surface area contributed by atoms with Crippen molar-refractivity contribution in [1.29, 1.82) is 0 Å². The molecule has 106 valence electrons. The van der Waals surface area contributed by atoms with Gasteiger partial charge in [-0.05, 0) is 39.3 Å². The molecule has 1 saturated heterocycles. The van der Waals surface area contributed by atoms with Gasteiger partial charge in [0, 0.05) is 37.6 Å². The van der Waals surface area contributed by atoms with Crippen molar-refractivity contribution in [3.05, 3.63) is 11.1 Å². The van der Waals surface area contributed by atoms with Gasteiger partial charge in [0.1, 0.15) is 0 Å². The lowest BCUT2D eigenvalue weighted by molar-refractivity contribution is 0.314. The minimum atomic E-state index is 0.696. The van der Waals surface area contributed by atoms with Crippen LogP contribution in [0.5, 0.6) is 0 Å². The maximum atomic E-state index is 4.74. The van der Waals surface area contributed by atoms with E-state index in [2.05, 4.69) is 34.6 Å². The van der Waals surface area contributed by atoms with Crippen molar-refractivity contribution >= 4 is 16.5 Å². The predicted octanol–water partition coefficient (Wildman–Crippen LogP) is 1.93. The highest BCUT2D eigenvalue weighted by Gasteiger charge is 2.23. The Bertz CT molecular complexity index is 415. The lowest BCUT2D eigenvalue weighted by Gasteiger charge is -2.25. The van der Waals surface area contributed by atoms with Gasteiger partial charge in [-0.3, -0.25) is 0 Å². The van der Waals surface area contributed by atoms with Crippen LogP contribution in [0.15, 0.2) is 5.38 Å². The van der Waals surface area contributed by atoms with Gasteiger partial charge in [0.2, 0.25) is 0 Å². The Hall–Kier alpha value is -0.650. The molecule has 4 nitrogen and oxygen atoms in total. The highest BCUT2D eigenvalue weighted by atomic mass is 32.1. The molecule has 1 aliphatic carbocycles. The van der Waals surface area contributed by atoms with Crippen molar-refractivity contribution < 1.29 is 0 Å². The van der Waals surface area contributed by atoms with Crippen LogP contribution >= 0.6 is 11.3 Å². The largest absolute Gasteiger partial charge is 0.350 e. The van der Waals surface area contributed by atoms with Crippen molar-refractivity contribution in [2.45, 2.75) is 44.3 Å². The molecule has 1 aliphatic heterocycles. The lowest BCUT2D eigenvalue weighted by atomic mass is 10.2. The highest BCUT2D eigenvalue weighted by Crippen LogP contribution is 2.24. The van der Waals surface area contributed by atoms with E-state index in [0.29, 0.717) is 6.04 Å². The number of rotatable bonds is 6. The molecule has 0 spiro atoms. The normalized spacial score (nSPS) is 24.0. The number of aromatic nitrogens is 1. The third-order valence-corrected chi connectivity index (χ3v) is 5.18. The van der Waals surface area contributed by atoms with E-state index < -0.39 is 0 Å². The molecule has 2 heterocycles. The lowest BCUT2D eigenvalue weighted by Crippen LogP contribution is -2.36. The number of anilines is 1. The second-order valence-electron chi connectivity index (χ2n) is 5.93. The van der Waals surface area contributed by atoms with Crippen molar-refractivity contribution in [3.8, 4) is 0 Å². The Kier molecular flexibility index (Phi) is 4.05. The van der Waals surface area contributed by atoms with Crippen LogP contribution in [0.25, 0.3) is 0 Å². The molecule has 2 aliphatic rings. The van der Waals surface area contributed by atoms with Gasteiger partial charge in [0.05, 0.1) is 5.69 Å². The molecule has 1 aromatic heterocycles. The summed E-state index contributed by atoms with van der Waals surface area (Å²) in [6.07, 6.45) is 5.33. The summed E-state index contributed by atoms with van der Waals surface area (Å²) in [6, 6.07) is 1.46. The summed E-state index contributed by atoms with van der Waals surface area (Å²) >= 11 is 1.77. The molecule has 19 heavy (non-hydrogen) atoms. The first-order chi connectivity index (χ1) is 9.22. The van der Waals surface area contributed by atoms with E-state index in [0.717, 1.165) is 24.3 Å². The van der Waals surface area contributed by atoms with Gasteiger partial charge < -0.3 is 15.1 Å². The zero-order chi connectivity index (χ0) is 13.2. The molecule has 5 heteroatoms. The van der Waals surface area contributed by atoms with E-state index in [1.807, 2.05) is 0 Å². The summed E-state index contributed by atoms with van der Waals surface area (Å²) in [6.45, 7) is 3.27. The fourth-order valence-corrected chi connectivity index (χ4v) is 3.50. The number of likely N-dealkylation sites (tertiary alicyclic amines) is 1. The number of nitrogens with zero attached hydrogens (tertiary/aromatic N) is 3. The van der Waals surface area contributed by atoms with Crippen LogP contribution in [-0.4, -0.2) is 49.2 Å². The first-order valence-corrected chi connectivity index (χ1v) is 8.19. The maximum Gasteiger partial charge on any atom is 0.185 e. The van der Waals surface area contributed by atoms with E-state index in [1.54, 1.807) is 11.3 Å². The van der Waals surface area contributed by atoms with Crippen LogP contribution in [0.3, 0.4) is 0 Å². The van der Waals surface area contributed by atoms with Crippen LogP contribution < -0.4 is 10.2 Å². The number of hydrogen-bond acceptors (Lipinski definition) is 5. The second kappa shape index (κ2) is 5.77. The Morgan fingerprint density at radius 2 is 2.32 bits per heavy atom. The third kappa shape index (κ3) is 3.46. The second-order valence-corrected chi connectivity index (χ2v) is 6.77. The molecule has 3 rings (SSSR count). The number of thiazole rings is 1. The van der Waals surface area contributed by atoms with Gasteiger partial charge in [-0.1, -0.05) is 0 Å². The van der Waals surface area contributed by atoms with Crippen molar-refractivity contribution in [3.63, 3.8) is 0 Å². The van der Waals surface area contributed by atoms with E-state index in [4.69, 9.17) is 4.98 Å². The van der Waals surface area contributed by atoms with E-state index in [-0.39, 0.29) is 0 Å². The van der Waals surface area contributed by atoms with Gasteiger partial charge in [0.25, 0.3) is 0 Å². The Morgan fingerprint density at radius 3 is 3.00 bits per heavy atom. The minimum absolute atomic E-state index is 0.696. The van der Waals surface area contributed by atoms with Crippen molar-refractivity contribution in [1.82, 2.24) is 15.2 Å². The Morgan fingerprint density at radius 1 is 1.47 bits per heavy atom. The van der Waals surface area contributed by atoms with Gasteiger partial charge >= 0.3 is 0 Å². The molecule has 1 saturated carbocycles. The summed E-state index contributed by atoms with van der Waals surface area (Å²) in [5.74, 6) is 0. The van der Waals surface area contributed by atoms with Gasteiger partial charge in [0.15, 0.2) is 5.13 Å². The predicted molar refractivity (Wildman–Crippen MR) is 80.9 cm³/mol. The SMILES string of the molecule is CN(CC1CCCN1C)c1nc(CNC2CC2)cs1. The zero-order valence-corrected chi connectivity index (χ0v) is 12.7. The van der Waals surface area contributed by atoms with Gasteiger partial charge in [-0.2, -0.15) is 0 Å². The van der Waals surface area contributed by atoms with Crippen molar-refractivity contribution in [2.75, 3.05) is 32.1 Å². The van der Waals surface area contributed by atoms with Gasteiger partial charge in [-0.15, -0.1) is 11.3 Å². The Labute approximate surface area is 119 Å². The van der Waals surface area contributed by atoms with Gasteiger partial charge in [-0.25, -0.2) is 4.98 Å². The average Bonchev–Trinajstić information content (AvgIpc) is 2.96. The minimum Gasteiger partial charge on any atom is -0.350 e.